The second-order valence-corrected chi connectivity index (χ2v) is 6.18. The number of quaternary nitrogens is 1. The molecule has 0 heterocycles. The van der Waals surface area contributed by atoms with Gasteiger partial charge in [-0.3, -0.25) is 4.79 Å². The fourth-order valence-electron chi connectivity index (χ4n) is 2.36. The Bertz CT molecular complexity index is 257. The first-order valence-electron chi connectivity index (χ1n) is 9.44. The standard InChI is InChI=1S/C12H24O2.C6H16N2O/c1-2-3-4-5-6-7-8-9-10-11-12(13)14;1-3-8(9,4-2)6-5-7/h2-11H2,1H3,(H,13,14);3-7H2,1-2H3. The van der Waals surface area contributed by atoms with Crippen molar-refractivity contribution in [1.29, 1.82) is 0 Å². The number of hydrogen-bond acceptors (Lipinski definition) is 3. The summed E-state index contributed by atoms with van der Waals surface area (Å²) in [6, 6.07) is 0. The zero-order valence-electron chi connectivity index (χ0n) is 15.7. The van der Waals surface area contributed by atoms with Crippen LogP contribution in [0.15, 0.2) is 0 Å². The highest BCUT2D eigenvalue weighted by Gasteiger charge is 2.07. The Morgan fingerprint density at radius 3 is 1.65 bits per heavy atom. The maximum Gasteiger partial charge on any atom is 0.303 e. The number of likely N-dealkylation sites (N-methyl/N-ethyl adjacent to an activating group) is 1. The van der Waals surface area contributed by atoms with Crippen molar-refractivity contribution >= 4 is 5.97 Å². The number of hydrogen-bond donors (Lipinski definition) is 2. The Kier molecular flexibility index (Phi) is 18.9. The van der Waals surface area contributed by atoms with E-state index in [1.54, 1.807) is 0 Å². The molecule has 0 aliphatic rings. The summed E-state index contributed by atoms with van der Waals surface area (Å²) < 4.78 is -0.142. The van der Waals surface area contributed by atoms with Crippen molar-refractivity contribution in [2.24, 2.45) is 5.73 Å². The van der Waals surface area contributed by atoms with Crippen LogP contribution < -0.4 is 5.73 Å². The Labute approximate surface area is 143 Å². The summed E-state index contributed by atoms with van der Waals surface area (Å²) in [5, 5.41) is 19.7. The van der Waals surface area contributed by atoms with Gasteiger partial charge in [0.1, 0.15) is 0 Å². The lowest BCUT2D eigenvalue weighted by molar-refractivity contribution is -0.875. The summed E-state index contributed by atoms with van der Waals surface area (Å²) in [7, 11) is 0. The van der Waals surface area contributed by atoms with Gasteiger partial charge in [-0.15, -0.1) is 0 Å². The molecule has 0 radical (unpaired) electrons. The summed E-state index contributed by atoms with van der Waals surface area (Å²) in [4.78, 5) is 10.2. The van der Waals surface area contributed by atoms with Gasteiger partial charge in [0.25, 0.3) is 0 Å². The number of nitrogens with two attached hydrogens (primary N) is 1. The van der Waals surface area contributed by atoms with Gasteiger partial charge < -0.3 is 20.7 Å². The molecule has 0 aromatic rings. The molecule has 0 saturated carbocycles. The first-order valence-corrected chi connectivity index (χ1v) is 9.44. The first-order chi connectivity index (χ1) is 11.0. The van der Waals surface area contributed by atoms with Crippen LogP contribution in [0.2, 0.25) is 0 Å². The quantitative estimate of drug-likeness (QED) is 0.282. The summed E-state index contributed by atoms with van der Waals surface area (Å²) in [6.45, 7) is 8.32. The summed E-state index contributed by atoms with van der Waals surface area (Å²) in [5.74, 6) is -0.659. The van der Waals surface area contributed by atoms with Crippen LogP contribution in [0.3, 0.4) is 0 Å². The Morgan fingerprint density at radius 1 is 0.913 bits per heavy atom. The van der Waals surface area contributed by atoms with Crippen LogP contribution in [-0.4, -0.2) is 41.9 Å². The maximum atomic E-state index is 11.3. The molecule has 0 amide bonds. The average molecular weight is 333 g/mol. The molecule has 0 fully saturated rings. The molecule has 0 aliphatic carbocycles. The van der Waals surface area contributed by atoms with Gasteiger partial charge >= 0.3 is 5.97 Å². The largest absolute Gasteiger partial charge is 0.633 e. The summed E-state index contributed by atoms with van der Waals surface area (Å²) >= 11 is 0. The van der Waals surface area contributed by atoms with Crippen LogP contribution in [0.25, 0.3) is 0 Å². The van der Waals surface area contributed by atoms with Gasteiger partial charge in [0.15, 0.2) is 0 Å². The minimum Gasteiger partial charge on any atom is -0.633 e. The first kappa shape index (κ1) is 24.6. The van der Waals surface area contributed by atoms with Crippen LogP contribution in [0.4, 0.5) is 0 Å². The SMILES string of the molecule is CCCCCCCCCCCC(=O)O.CC[N+]([O-])(CC)CCN. The zero-order chi connectivity index (χ0) is 18.0. The highest BCUT2D eigenvalue weighted by molar-refractivity contribution is 5.66. The van der Waals surface area contributed by atoms with Crippen molar-refractivity contribution in [1.82, 2.24) is 0 Å². The number of rotatable bonds is 14. The number of hydroxylamine groups is 3. The Hall–Kier alpha value is -0.650. The van der Waals surface area contributed by atoms with E-state index in [0.29, 0.717) is 32.6 Å². The van der Waals surface area contributed by atoms with Crippen LogP contribution >= 0.6 is 0 Å². The summed E-state index contributed by atoms with van der Waals surface area (Å²) in [6.07, 6.45) is 11.5. The fraction of sp³-hybridized carbons (Fsp3) is 0.944. The van der Waals surface area contributed by atoms with Crippen molar-refractivity contribution in [3.63, 3.8) is 0 Å². The second-order valence-electron chi connectivity index (χ2n) is 6.18. The lowest BCUT2D eigenvalue weighted by Gasteiger charge is -2.40. The van der Waals surface area contributed by atoms with Crippen molar-refractivity contribution in [3.8, 4) is 0 Å². The maximum absolute atomic E-state index is 11.3. The molecule has 0 saturated heterocycles. The number of carbonyl (C=O) groups is 1. The molecule has 0 aliphatic heterocycles. The third-order valence-electron chi connectivity index (χ3n) is 4.18. The van der Waals surface area contributed by atoms with E-state index in [1.165, 1.54) is 44.9 Å². The molecule has 0 spiro atoms. The Balaban J connectivity index is 0. The fourth-order valence-corrected chi connectivity index (χ4v) is 2.36. The molecule has 140 valence electrons. The van der Waals surface area contributed by atoms with Crippen molar-refractivity contribution in [3.05, 3.63) is 5.21 Å². The van der Waals surface area contributed by atoms with Crippen LogP contribution in [0.1, 0.15) is 85.0 Å². The van der Waals surface area contributed by atoms with E-state index >= 15 is 0 Å². The van der Waals surface area contributed by atoms with E-state index < -0.39 is 5.97 Å². The molecule has 0 unspecified atom stereocenters. The molecule has 0 aromatic heterocycles. The predicted octanol–water partition coefficient (Wildman–Crippen LogP) is 4.29. The normalized spacial score (nSPS) is 11.0. The molecular formula is C18H40N2O3. The van der Waals surface area contributed by atoms with E-state index in [0.717, 1.165) is 12.8 Å². The molecule has 3 N–H and O–H groups in total. The smallest absolute Gasteiger partial charge is 0.303 e. The highest BCUT2D eigenvalue weighted by Crippen LogP contribution is 2.10. The van der Waals surface area contributed by atoms with E-state index in [1.807, 2.05) is 13.8 Å². The van der Waals surface area contributed by atoms with E-state index in [-0.39, 0.29) is 4.65 Å². The van der Waals surface area contributed by atoms with Gasteiger partial charge in [-0.25, -0.2) is 0 Å². The third kappa shape index (κ3) is 19.3. The van der Waals surface area contributed by atoms with Gasteiger partial charge in [0.05, 0.1) is 19.6 Å². The molecule has 0 atom stereocenters. The Morgan fingerprint density at radius 2 is 1.35 bits per heavy atom. The zero-order valence-corrected chi connectivity index (χ0v) is 15.7. The van der Waals surface area contributed by atoms with E-state index in [9.17, 15) is 10.0 Å². The van der Waals surface area contributed by atoms with Crippen LogP contribution in [-0.2, 0) is 4.79 Å². The molecular weight excluding hydrogens is 292 g/mol. The third-order valence-corrected chi connectivity index (χ3v) is 4.18. The molecule has 5 nitrogen and oxygen atoms in total. The van der Waals surface area contributed by atoms with Gasteiger partial charge in [-0.05, 0) is 20.3 Å². The van der Waals surface area contributed by atoms with Crippen molar-refractivity contribution < 1.29 is 14.5 Å². The van der Waals surface area contributed by atoms with Gasteiger partial charge in [-0.2, -0.15) is 0 Å². The van der Waals surface area contributed by atoms with E-state index in [4.69, 9.17) is 10.8 Å². The molecule has 23 heavy (non-hydrogen) atoms. The minimum absolute atomic E-state index is 0.142. The highest BCUT2D eigenvalue weighted by atomic mass is 16.5. The van der Waals surface area contributed by atoms with Crippen LogP contribution in [0, 0.1) is 5.21 Å². The van der Waals surface area contributed by atoms with Crippen molar-refractivity contribution in [2.45, 2.75) is 85.0 Å². The summed E-state index contributed by atoms with van der Waals surface area (Å²) in [5.41, 5.74) is 5.25. The molecule has 0 bridgehead atoms. The molecule has 5 heteroatoms. The molecule has 0 aromatic carbocycles. The van der Waals surface area contributed by atoms with Gasteiger partial charge in [0.2, 0.25) is 0 Å². The van der Waals surface area contributed by atoms with Crippen LogP contribution in [0.5, 0.6) is 0 Å². The van der Waals surface area contributed by atoms with E-state index in [2.05, 4.69) is 6.92 Å². The lowest BCUT2D eigenvalue weighted by Crippen LogP contribution is -2.45. The topological polar surface area (TPSA) is 86.4 Å². The number of nitrogens with zero attached hydrogens (tertiary/aromatic N) is 1. The monoisotopic (exact) mass is 332 g/mol. The van der Waals surface area contributed by atoms with Crippen molar-refractivity contribution in [2.75, 3.05) is 26.2 Å². The number of carboxylic acid groups (broad SMARTS) is 1. The predicted molar refractivity (Wildman–Crippen MR) is 98.1 cm³/mol. The van der Waals surface area contributed by atoms with Gasteiger partial charge in [-0.1, -0.05) is 58.3 Å². The number of aliphatic carboxylic acids is 1. The molecule has 0 rings (SSSR count). The van der Waals surface area contributed by atoms with Gasteiger partial charge in [0, 0.05) is 13.0 Å². The number of unbranched alkanes of at least 4 members (excludes halogenated alkanes) is 8. The number of carboxylic acids is 1. The lowest BCUT2D eigenvalue weighted by atomic mass is 10.1. The second kappa shape index (κ2) is 17.7. The minimum atomic E-state index is -0.659. The average Bonchev–Trinajstić information content (AvgIpc) is 2.54.